The molecule has 1 heterocycles. The molecule has 0 radical (unpaired) electrons. The first-order valence-electron chi connectivity index (χ1n) is 8.63. The summed E-state index contributed by atoms with van der Waals surface area (Å²) in [4.78, 5) is 0. The van der Waals surface area contributed by atoms with Crippen LogP contribution in [-0.4, -0.2) is 26.4 Å². The van der Waals surface area contributed by atoms with Crippen molar-refractivity contribution in [3.8, 4) is 29.9 Å². The van der Waals surface area contributed by atoms with Crippen molar-refractivity contribution < 1.29 is 13.2 Å². The topological polar surface area (TPSA) is 60.3 Å². The number of terminal acetylenes is 1. The summed E-state index contributed by atoms with van der Waals surface area (Å²) in [6.45, 7) is 2.75. The molecule has 6 heteroatoms. The van der Waals surface area contributed by atoms with Gasteiger partial charge in [-0.25, -0.2) is 8.42 Å². The number of anilines is 1. The monoisotopic (exact) mass is 392 g/mol. The van der Waals surface area contributed by atoms with Gasteiger partial charge in [-0.3, -0.25) is 4.72 Å². The lowest BCUT2D eigenvalue weighted by Gasteiger charge is -2.05. The predicted octanol–water partition coefficient (Wildman–Crippen LogP) is 3.42. The molecule has 0 saturated carbocycles. The highest BCUT2D eigenvalue weighted by atomic mass is 32.2. The molecule has 28 heavy (non-hydrogen) atoms. The van der Waals surface area contributed by atoms with Gasteiger partial charge in [-0.05, 0) is 49.2 Å². The summed E-state index contributed by atoms with van der Waals surface area (Å²) in [5, 5.41) is 0.960. The quantitative estimate of drug-likeness (QED) is 0.692. The Labute approximate surface area is 165 Å². The van der Waals surface area contributed by atoms with Crippen LogP contribution in [0.1, 0.15) is 23.7 Å². The third kappa shape index (κ3) is 3.98. The maximum atomic E-state index is 11.3. The summed E-state index contributed by atoms with van der Waals surface area (Å²) < 4.78 is 32.4. The molecule has 3 rings (SSSR count). The smallest absolute Gasteiger partial charge is 0.229 e. The number of fused-ring (bicyclic) bond motifs is 1. The van der Waals surface area contributed by atoms with Crippen LogP contribution in [0.15, 0.2) is 42.5 Å². The molecule has 0 aliphatic rings. The Morgan fingerprint density at radius 3 is 2.43 bits per heavy atom. The normalized spacial score (nSPS) is 10.8. The van der Waals surface area contributed by atoms with E-state index >= 15 is 0 Å². The van der Waals surface area contributed by atoms with Gasteiger partial charge in [-0.15, -0.1) is 6.42 Å². The lowest BCUT2D eigenvalue weighted by molar-refractivity contribution is 0.415. The van der Waals surface area contributed by atoms with E-state index < -0.39 is 10.0 Å². The molecule has 0 saturated heterocycles. The molecule has 0 atom stereocenters. The minimum atomic E-state index is -3.31. The second-order valence-electron chi connectivity index (χ2n) is 6.20. The van der Waals surface area contributed by atoms with Crippen LogP contribution in [0.2, 0.25) is 0 Å². The number of hydrogen-bond acceptors (Lipinski definition) is 3. The molecule has 0 amide bonds. The fraction of sp³-hybridized carbons (Fsp3) is 0.182. The lowest BCUT2D eigenvalue weighted by atomic mass is 10.1. The molecule has 1 N–H and O–H groups in total. The SMILES string of the molecule is C#Cc1c(C#Cc2ccc(NS(C)(=O)=O)cc2)n(CC)c2cc(OC)ccc12. The number of sulfonamides is 1. The highest BCUT2D eigenvalue weighted by molar-refractivity contribution is 7.92. The zero-order chi connectivity index (χ0) is 20.3. The minimum Gasteiger partial charge on any atom is -0.497 e. The Bertz CT molecular complexity index is 1240. The van der Waals surface area contributed by atoms with Crippen LogP contribution in [0.3, 0.4) is 0 Å². The first-order valence-corrected chi connectivity index (χ1v) is 10.5. The summed E-state index contributed by atoms with van der Waals surface area (Å²) >= 11 is 0. The van der Waals surface area contributed by atoms with E-state index in [0.29, 0.717) is 12.2 Å². The van der Waals surface area contributed by atoms with Crippen molar-refractivity contribution in [1.29, 1.82) is 0 Å². The molecule has 0 fully saturated rings. The van der Waals surface area contributed by atoms with Crippen molar-refractivity contribution in [3.63, 3.8) is 0 Å². The minimum absolute atomic E-state index is 0.493. The molecule has 3 aromatic rings. The van der Waals surface area contributed by atoms with Gasteiger partial charge < -0.3 is 9.30 Å². The number of benzene rings is 2. The molecular formula is C22H20N2O3S. The molecule has 2 aromatic carbocycles. The number of aryl methyl sites for hydroxylation is 1. The Balaban J connectivity index is 2.05. The van der Waals surface area contributed by atoms with E-state index in [1.807, 2.05) is 25.1 Å². The van der Waals surface area contributed by atoms with Crippen molar-refractivity contribution in [2.75, 3.05) is 18.1 Å². The van der Waals surface area contributed by atoms with E-state index in [4.69, 9.17) is 11.2 Å². The van der Waals surface area contributed by atoms with Crippen LogP contribution >= 0.6 is 0 Å². The van der Waals surface area contributed by atoms with Gasteiger partial charge in [0.2, 0.25) is 10.0 Å². The zero-order valence-electron chi connectivity index (χ0n) is 15.9. The molecule has 1 aromatic heterocycles. The number of aromatic nitrogens is 1. The molecule has 0 bridgehead atoms. The van der Waals surface area contributed by atoms with Crippen LogP contribution in [0.25, 0.3) is 10.9 Å². The van der Waals surface area contributed by atoms with Crippen molar-refractivity contribution in [3.05, 3.63) is 59.3 Å². The van der Waals surface area contributed by atoms with Gasteiger partial charge in [-0.1, -0.05) is 11.8 Å². The second-order valence-corrected chi connectivity index (χ2v) is 7.95. The standard InChI is InChI=1S/C22H20N2O3S/c1-5-19-20-13-12-18(27-3)15-22(20)24(6-2)21(19)14-9-16-7-10-17(11-8-16)23-28(4,25)26/h1,7-8,10-13,15,23H,6H2,2-4H3. The van der Waals surface area contributed by atoms with Crippen LogP contribution in [0.4, 0.5) is 5.69 Å². The van der Waals surface area contributed by atoms with Gasteiger partial charge in [0.05, 0.1) is 24.4 Å². The largest absolute Gasteiger partial charge is 0.497 e. The lowest BCUT2D eigenvalue weighted by Crippen LogP contribution is -2.09. The van der Waals surface area contributed by atoms with Crippen molar-refractivity contribution in [2.24, 2.45) is 0 Å². The fourth-order valence-corrected chi connectivity index (χ4v) is 3.59. The maximum absolute atomic E-state index is 11.3. The highest BCUT2D eigenvalue weighted by Crippen LogP contribution is 2.28. The number of rotatable bonds is 4. The van der Waals surface area contributed by atoms with Gasteiger partial charge in [0, 0.05) is 29.2 Å². The van der Waals surface area contributed by atoms with Gasteiger partial charge in [-0.2, -0.15) is 0 Å². The third-order valence-electron chi connectivity index (χ3n) is 4.25. The van der Waals surface area contributed by atoms with Crippen molar-refractivity contribution in [2.45, 2.75) is 13.5 Å². The van der Waals surface area contributed by atoms with Gasteiger partial charge in [0.1, 0.15) is 11.4 Å². The van der Waals surface area contributed by atoms with Crippen LogP contribution in [0, 0.1) is 24.2 Å². The van der Waals surface area contributed by atoms with Gasteiger partial charge >= 0.3 is 0 Å². The molecule has 0 aliphatic heterocycles. The van der Waals surface area contributed by atoms with E-state index in [-0.39, 0.29) is 0 Å². The summed E-state index contributed by atoms with van der Waals surface area (Å²) in [6.07, 6.45) is 6.89. The zero-order valence-corrected chi connectivity index (χ0v) is 16.7. The van der Waals surface area contributed by atoms with E-state index in [1.54, 1.807) is 31.4 Å². The third-order valence-corrected chi connectivity index (χ3v) is 4.85. The van der Waals surface area contributed by atoms with Gasteiger partial charge in [0.25, 0.3) is 0 Å². The van der Waals surface area contributed by atoms with E-state index in [9.17, 15) is 8.42 Å². The fourth-order valence-electron chi connectivity index (χ4n) is 3.03. The number of hydrogen-bond donors (Lipinski definition) is 1. The average Bonchev–Trinajstić information content (AvgIpc) is 2.97. The van der Waals surface area contributed by atoms with E-state index in [2.05, 4.69) is 27.1 Å². The van der Waals surface area contributed by atoms with Crippen LogP contribution in [0.5, 0.6) is 5.75 Å². The number of nitrogens with zero attached hydrogens (tertiary/aromatic N) is 1. The maximum Gasteiger partial charge on any atom is 0.229 e. The molecule has 5 nitrogen and oxygen atoms in total. The Morgan fingerprint density at radius 2 is 1.86 bits per heavy atom. The number of methoxy groups -OCH3 is 1. The van der Waals surface area contributed by atoms with Crippen molar-refractivity contribution >= 4 is 26.6 Å². The number of ether oxygens (including phenoxy) is 1. The summed E-state index contributed by atoms with van der Waals surface area (Å²) in [6, 6.07) is 12.7. The Morgan fingerprint density at radius 1 is 1.14 bits per heavy atom. The molecule has 0 aliphatic carbocycles. The first kappa shape index (κ1) is 19.4. The molecular weight excluding hydrogens is 372 g/mol. The summed E-state index contributed by atoms with van der Waals surface area (Å²) in [5.41, 5.74) is 3.75. The predicted molar refractivity (Wildman–Crippen MR) is 113 cm³/mol. The highest BCUT2D eigenvalue weighted by Gasteiger charge is 2.14. The second kappa shape index (κ2) is 7.72. The Kier molecular flexibility index (Phi) is 5.35. The van der Waals surface area contributed by atoms with Crippen LogP contribution in [-0.2, 0) is 16.6 Å². The van der Waals surface area contributed by atoms with Crippen LogP contribution < -0.4 is 9.46 Å². The molecule has 0 unspecified atom stereocenters. The summed E-state index contributed by atoms with van der Waals surface area (Å²) in [7, 11) is -1.68. The average molecular weight is 392 g/mol. The Hall–Kier alpha value is -3.35. The number of nitrogens with one attached hydrogen (secondary N) is 1. The van der Waals surface area contributed by atoms with E-state index in [1.165, 1.54) is 0 Å². The van der Waals surface area contributed by atoms with Crippen molar-refractivity contribution in [1.82, 2.24) is 4.57 Å². The first-order chi connectivity index (χ1) is 13.4. The van der Waals surface area contributed by atoms with Gasteiger partial charge in [0.15, 0.2) is 0 Å². The summed E-state index contributed by atoms with van der Waals surface area (Å²) in [5.74, 6) is 9.82. The van der Waals surface area contributed by atoms with E-state index in [0.717, 1.165) is 39.7 Å². The molecule has 142 valence electrons. The molecule has 0 spiro atoms.